The molecule has 118 valence electrons. The molecule has 4 nitrogen and oxygen atoms in total. The zero-order valence-corrected chi connectivity index (χ0v) is 12.5. The van der Waals surface area contributed by atoms with Crippen molar-refractivity contribution in [2.45, 2.75) is 13.0 Å². The van der Waals surface area contributed by atoms with Gasteiger partial charge < -0.3 is 14.8 Å². The van der Waals surface area contributed by atoms with E-state index in [1.807, 2.05) is 31.2 Å². The van der Waals surface area contributed by atoms with Crippen LogP contribution in [-0.4, -0.2) is 17.6 Å². The Hall–Kier alpha value is -2.66. The van der Waals surface area contributed by atoms with Gasteiger partial charge >= 0.3 is 0 Å². The second-order valence-electron chi connectivity index (χ2n) is 5.38. The summed E-state index contributed by atoms with van der Waals surface area (Å²) in [6.45, 7) is 1.96. The lowest BCUT2D eigenvalue weighted by atomic mass is 10.0. The minimum atomic E-state index is -0.804. The molecule has 1 aromatic heterocycles. The van der Waals surface area contributed by atoms with Crippen molar-refractivity contribution < 1.29 is 18.7 Å². The van der Waals surface area contributed by atoms with Crippen LogP contribution < -0.4 is 5.32 Å². The summed E-state index contributed by atoms with van der Waals surface area (Å²) in [7, 11) is 0. The van der Waals surface area contributed by atoms with Gasteiger partial charge in [0.15, 0.2) is 5.76 Å². The molecule has 0 bridgehead atoms. The van der Waals surface area contributed by atoms with E-state index >= 15 is 0 Å². The van der Waals surface area contributed by atoms with E-state index in [-0.39, 0.29) is 18.1 Å². The molecule has 1 atom stereocenters. The van der Waals surface area contributed by atoms with Crippen molar-refractivity contribution in [2.24, 2.45) is 0 Å². The number of hydrogen-bond donors (Lipinski definition) is 2. The van der Waals surface area contributed by atoms with Gasteiger partial charge in [-0.25, -0.2) is 4.39 Å². The van der Waals surface area contributed by atoms with Crippen LogP contribution in [0.5, 0.6) is 0 Å². The highest BCUT2D eigenvalue weighted by molar-refractivity contribution is 5.96. The Balaban J connectivity index is 1.70. The summed E-state index contributed by atoms with van der Waals surface area (Å²) in [5.74, 6) is -0.753. The molecule has 1 heterocycles. The van der Waals surface area contributed by atoms with Crippen LogP contribution in [0.3, 0.4) is 0 Å². The summed E-state index contributed by atoms with van der Waals surface area (Å²) in [6.07, 6.45) is -0.804. The standard InChI is InChI=1S/C18H16FNO3/c1-11-4-2-3-5-14(11)15(21)10-20-18(22)17-9-12-8-13(19)6-7-16(12)23-17/h2-9,15,21H,10H2,1H3,(H,20,22). The first-order chi connectivity index (χ1) is 11.0. The third-order valence-electron chi connectivity index (χ3n) is 3.71. The lowest BCUT2D eigenvalue weighted by molar-refractivity contribution is 0.0891. The summed E-state index contributed by atoms with van der Waals surface area (Å²) in [4.78, 5) is 12.1. The molecule has 0 aliphatic carbocycles. The third kappa shape index (κ3) is 3.24. The number of hydrogen-bond acceptors (Lipinski definition) is 3. The van der Waals surface area contributed by atoms with Gasteiger partial charge in [0.05, 0.1) is 6.10 Å². The van der Waals surface area contributed by atoms with Crippen molar-refractivity contribution in [3.8, 4) is 0 Å². The third-order valence-corrected chi connectivity index (χ3v) is 3.71. The van der Waals surface area contributed by atoms with E-state index < -0.39 is 12.0 Å². The fourth-order valence-corrected chi connectivity index (χ4v) is 2.47. The van der Waals surface area contributed by atoms with Crippen LogP contribution in [-0.2, 0) is 0 Å². The minimum Gasteiger partial charge on any atom is -0.451 e. The normalized spacial score (nSPS) is 12.3. The maximum absolute atomic E-state index is 13.2. The molecule has 2 N–H and O–H groups in total. The molecular weight excluding hydrogens is 297 g/mol. The lowest BCUT2D eigenvalue weighted by Crippen LogP contribution is -2.28. The van der Waals surface area contributed by atoms with Crippen LogP contribution in [0.4, 0.5) is 4.39 Å². The molecule has 0 radical (unpaired) electrons. The van der Waals surface area contributed by atoms with Crippen molar-refractivity contribution >= 4 is 16.9 Å². The molecule has 3 rings (SSSR count). The second kappa shape index (κ2) is 6.22. The Bertz CT molecular complexity index is 856. The van der Waals surface area contributed by atoms with Crippen molar-refractivity contribution in [3.63, 3.8) is 0 Å². The number of carbonyl (C=O) groups is 1. The van der Waals surface area contributed by atoms with Gasteiger partial charge in [-0.15, -0.1) is 0 Å². The largest absolute Gasteiger partial charge is 0.451 e. The van der Waals surface area contributed by atoms with Crippen molar-refractivity contribution in [1.29, 1.82) is 0 Å². The Labute approximate surface area is 132 Å². The molecule has 0 aliphatic rings. The zero-order valence-electron chi connectivity index (χ0n) is 12.5. The van der Waals surface area contributed by atoms with E-state index in [2.05, 4.69) is 5.32 Å². The molecule has 23 heavy (non-hydrogen) atoms. The number of rotatable bonds is 4. The first-order valence-electron chi connectivity index (χ1n) is 7.25. The highest BCUT2D eigenvalue weighted by Crippen LogP contribution is 2.21. The van der Waals surface area contributed by atoms with Crippen LogP contribution in [0, 0.1) is 12.7 Å². The Kier molecular flexibility index (Phi) is 4.12. The number of carbonyl (C=O) groups excluding carboxylic acids is 1. The number of furan rings is 1. The van der Waals surface area contributed by atoms with E-state index in [4.69, 9.17) is 4.42 Å². The average Bonchev–Trinajstić information content (AvgIpc) is 2.95. The molecular formula is C18H16FNO3. The Morgan fingerprint density at radius 3 is 2.83 bits per heavy atom. The fourth-order valence-electron chi connectivity index (χ4n) is 2.47. The first kappa shape index (κ1) is 15.2. The maximum atomic E-state index is 13.2. The zero-order chi connectivity index (χ0) is 16.4. The van der Waals surface area contributed by atoms with Crippen molar-refractivity contribution in [3.05, 3.63) is 71.2 Å². The molecule has 2 aromatic carbocycles. The smallest absolute Gasteiger partial charge is 0.287 e. The van der Waals surface area contributed by atoms with E-state index in [1.165, 1.54) is 24.3 Å². The summed E-state index contributed by atoms with van der Waals surface area (Å²) in [5, 5.41) is 13.3. The molecule has 0 spiro atoms. The van der Waals surface area contributed by atoms with Crippen molar-refractivity contribution in [1.82, 2.24) is 5.32 Å². The molecule has 3 aromatic rings. The van der Waals surface area contributed by atoms with Gasteiger partial charge in [-0.3, -0.25) is 4.79 Å². The summed E-state index contributed by atoms with van der Waals surface area (Å²) in [6, 6.07) is 13.0. The van der Waals surface area contributed by atoms with Gasteiger partial charge in [0, 0.05) is 11.9 Å². The molecule has 0 saturated heterocycles. The monoisotopic (exact) mass is 313 g/mol. The molecule has 0 saturated carbocycles. The topological polar surface area (TPSA) is 62.5 Å². The number of benzene rings is 2. The van der Waals surface area contributed by atoms with Crippen LogP contribution in [0.2, 0.25) is 0 Å². The van der Waals surface area contributed by atoms with E-state index in [0.29, 0.717) is 11.0 Å². The highest BCUT2D eigenvalue weighted by Gasteiger charge is 2.15. The second-order valence-corrected chi connectivity index (χ2v) is 5.38. The molecule has 0 fully saturated rings. The maximum Gasteiger partial charge on any atom is 0.287 e. The lowest BCUT2D eigenvalue weighted by Gasteiger charge is -2.13. The minimum absolute atomic E-state index is 0.0646. The van der Waals surface area contributed by atoms with Gasteiger partial charge in [0.25, 0.3) is 5.91 Å². The van der Waals surface area contributed by atoms with Gasteiger partial charge in [-0.05, 0) is 42.3 Å². The van der Waals surface area contributed by atoms with Crippen LogP contribution in [0.1, 0.15) is 27.8 Å². The van der Waals surface area contributed by atoms with Crippen LogP contribution in [0.25, 0.3) is 11.0 Å². The number of fused-ring (bicyclic) bond motifs is 1. The number of aliphatic hydroxyl groups is 1. The van der Waals surface area contributed by atoms with Gasteiger partial charge in [0.1, 0.15) is 11.4 Å². The molecule has 5 heteroatoms. The predicted molar refractivity (Wildman–Crippen MR) is 84.6 cm³/mol. The SMILES string of the molecule is Cc1ccccc1C(O)CNC(=O)c1cc2cc(F)ccc2o1. The van der Waals surface area contributed by atoms with Crippen molar-refractivity contribution in [2.75, 3.05) is 6.54 Å². The molecule has 1 amide bonds. The summed E-state index contributed by atoms with van der Waals surface area (Å²) in [5.41, 5.74) is 2.16. The van der Waals surface area contributed by atoms with Crippen LogP contribution >= 0.6 is 0 Å². The predicted octanol–water partition coefficient (Wildman–Crippen LogP) is 3.34. The number of nitrogens with one attached hydrogen (secondary N) is 1. The quantitative estimate of drug-likeness (QED) is 0.776. The van der Waals surface area contributed by atoms with E-state index in [0.717, 1.165) is 11.1 Å². The van der Waals surface area contributed by atoms with Gasteiger partial charge in [-0.2, -0.15) is 0 Å². The fraction of sp³-hybridized carbons (Fsp3) is 0.167. The summed E-state index contributed by atoms with van der Waals surface area (Å²) < 4.78 is 18.5. The number of halogens is 1. The van der Waals surface area contributed by atoms with Crippen LogP contribution in [0.15, 0.2) is 52.9 Å². The first-order valence-corrected chi connectivity index (χ1v) is 7.25. The number of amides is 1. The van der Waals surface area contributed by atoms with Gasteiger partial charge in [0.2, 0.25) is 0 Å². The summed E-state index contributed by atoms with van der Waals surface area (Å²) >= 11 is 0. The van der Waals surface area contributed by atoms with E-state index in [9.17, 15) is 14.3 Å². The Morgan fingerprint density at radius 2 is 2.04 bits per heavy atom. The Morgan fingerprint density at radius 1 is 1.26 bits per heavy atom. The highest BCUT2D eigenvalue weighted by atomic mass is 19.1. The number of aryl methyl sites for hydroxylation is 1. The molecule has 0 aliphatic heterocycles. The van der Waals surface area contributed by atoms with Gasteiger partial charge in [-0.1, -0.05) is 24.3 Å². The average molecular weight is 313 g/mol. The number of aliphatic hydroxyl groups excluding tert-OH is 1. The molecule has 1 unspecified atom stereocenters. The van der Waals surface area contributed by atoms with E-state index in [1.54, 1.807) is 0 Å².